The van der Waals surface area contributed by atoms with Gasteiger partial charge in [-0.15, -0.1) is 0 Å². The van der Waals surface area contributed by atoms with Crippen LogP contribution in [0.15, 0.2) is 6.07 Å². The first-order valence-electron chi connectivity index (χ1n) is 3.15. The molecule has 0 bridgehead atoms. The summed E-state index contributed by atoms with van der Waals surface area (Å²) in [4.78, 5) is 3.98. The molecule has 1 aromatic rings. The highest BCUT2D eigenvalue weighted by molar-refractivity contribution is 5.01. The van der Waals surface area contributed by atoms with Gasteiger partial charge in [0.05, 0.1) is 0 Å². The minimum Gasteiger partial charge on any atom is -0.711 e. The zero-order chi connectivity index (χ0) is 7.72. The lowest BCUT2D eigenvalue weighted by Gasteiger charge is -2.05. The van der Waals surface area contributed by atoms with Gasteiger partial charge < -0.3 is 5.21 Å². The third kappa shape index (κ3) is 1.07. The summed E-state index contributed by atoms with van der Waals surface area (Å²) in [6.45, 7) is 5.35. The normalized spacial score (nSPS) is 9.90. The molecule has 0 unspecified atom stereocenters. The number of rotatable bonds is 0. The van der Waals surface area contributed by atoms with E-state index in [-0.39, 0.29) is 0 Å². The van der Waals surface area contributed by atoms with E-state index in [1.807, 2.05) is 6.92 Å². The van der Waals surface area contributed by atoms with Crippen molar-refractivity contribution in [2.45, 2.75) is 20.8 Å². The van der Waals surface area contributed by atoms with Crippen LogP contribution in [0.3, 0.4) is 0 Å². The van der Waals surface area contributed by atoms with Crippen molar-refractivity contribution in [1.29, 1.82) is 0 Å². The lowest BCUT2D eigenvalue weighted by Crippen LogP contribution is -2.35. The molecule has 0 saturated heterocycles. The van der Waals surface area contributed by atoms with Crippen LogP contribution in [0.2, 0.25) is 0 Å². The molecule has 0 aromatic carbocycles. The van der Waals surface area contributed by atoms with Crippen molar-refractivity contribution in [3.8, 4) is 0 Å². The van der Waals surface area contributed by atoms with E-state index in [9.17, 15) is 5.21 Å². The van der Waals surface area contributed by atoms with Gasteiger partial charge in [0.15, 0.2) is 5.69 Å². The van der Waals surface area contributed by atoms with E-state index < -0.39 is 0 Å². The molecule has 0 N–H and O–H groups in total. The van der Waals surface area contributed by atoms with Gasteiger partial charge in [0.25, 0.3) is 5.82 Å². The van der Waals surface area contributed by atoms with Crippen molar-refractivity contribution >= 4 is 0 Å². The van der Waals surface area contributed by atoms with Crippen molar-refractivity contribution < 1.29 is 4.73 Å². The van der Waals surface area contributed by atoms with E-state index in [2.05, 4.69) is 4.98 Å². The SMILES string of the molecule is Cc1cc(C)[n+]([O-])c(C)n1. The van der Waals surface area contributed by atoms with Crippen molar-refractivity contribution in [1.82, 2.24) is 4.98 Å². The van der Waals surface area contributed by atoms with Crippen LogP contribution >= 0.6 is 0 Å². The fourth-order valence-corrected chi connectivity index (χ4v) is 0.949. The van der Waals surface area contributed by atoms with Crippen molar-refractivity contribution in [2.24, 2.45) is 0 Å². The third-order valence-electron chi connectivity index (χ3n) is 1.37. The molecule has 54 valence electrons. The maximum absolute atomic E-state index is 11.0. The second-order valence-electron chi connectivity index (χ2n) is 2.38. The van der Waals surface area contributed by atoms with Crippen molar-refractivity contribution in [3.63, 3.8) is 0 Å². The van der Waals surface area contributed by atoms with Crippen molar-refractivity contribution in [3.05, 3.63) is 28.5 Å². The summed E-state index contributed by atoms with van der Waals surface area (Å²) in [6, 6.07) is 1.76. The Balaban J connectivity index is 3.31. The standard InChI is InChI=1S/C7H10N2O/c1-5-4-6(2)9(10)7(3)8-5/h4H,1-3H3. The first-order valence-corrected chi connectivity index (χ1v) is 3.15. The molecule has 0 fully saturated rings. The molecule has 0 aliphatic rings. The molecule has 1 rings (SSSR count). The molecule has 3 heteroatoms. The minimum atomic E-state index is 0.512. The zero-order valence-corrected chi connectivity index (χ0v) is 6.38. The average molecular weight is 138 g/mol. The summed E-state index contributed by atoms with van der Waals surface area (Å²) in [5.41, 5.74) is 1.59. The fourth-order valence-electron chi connectivity index (χ4n) is 0.949. The number of hydrogen-bond acceptors (Lipinski definition) is 2. The Bertz CT molecular complexity index is 235. The molecular weight excluding hydrogens is 128 g/mol. The van der Waals surface area contributed by atoms with Crippen LogP contribution in [0, 0.1) is 26.0 Å². The summed E-state index contributed by atoms with van der Waals surface area (Å²) in [5.74, 6) is 0.512. The monoisotopic (exact) mass is 138 g/mol. The maximum Gasteiger partial charge on any atom is 0.298 e. The molecule has 1 aromatic heterocycles. The Hall–Kier alpha value is -1.12. The van der Waals surface area contributed by atoms with Gasteiger partial charge >= 0.3 is 0 Å². The van der Waals surface area contributed by atoms with E-state index in [4.69, 9.17) is 0 Å². The molecular formula is C7H10N2O. The molecule has 0 saturated carbocycles. The number of aryl methyl sites for hydroxylation is 3. The molecule has 10 heavy (non-hydrogen) atoms. The maximum atomic E-state index is 11.0. The smallest absolute Gasteiger partial charge is 0.298 e. The molecule has 0 aliphatic heterocycles. The quantitative estimate of drug-likeness (QED) is 0.390. The van der Waals surface area contributed by atoms with Gasteiger partial charge in [-0.3, -0.25) is 0 Å². The molecule has 0 amide bonds. The highest BCUT2D eigenvalue weighted by Gasteiger charge is 2.03. The van der Waals surface area contributed by atoms with Gasteiger partial charge in [0.2, 0.25) is 0 Å². The molecule has 0 spiro atoms. The largest absolute Gasteiger partial charge is 0.711 e. The first-order chi connectivity index (χ1) is 4.61. The van der Waals surface area contributed by atoms with Crippen LogP contribution in [-0.4, -0.2) is 4.98 Å². The molecule has 0 radical (unpaired) electrons. The second-order valence-corrected chi connectivity index (χ2v) is 2.38. The average Bonchev–Trinajstić information content (AvgIpc) is 1.82. The predicted octanol–water partition coefficient (Wildman–Crippen LogP) is 0.640. The topological polar surface area (TPSA) is 39.8 Å². The summed E-state index contributed by atoms with van der Waals surface area (Å²) in [6.07, 6.45) is 0. The van der Waals surface area contributed by atoms with E-state index in [1.165, 1.54) is 0 Å². The zero-order valence-electron chi connectivity index (χ0n) is 6.38. The van der Waals surface area contributed by atoms with Crippen molar-refractivity contribution in [2.75, 3.05) is 0 Å². The summed E-state index contributed by atoms with van der Waals surface area (Å²) >= 11 is 0. The van der Waals surface area contributed by atoms with E-state index >= 15 is 0 Å². The number of aromatic nitrogens is 2. The summed E-state index contributed by atoms with van der Waals surface area (Å²) < 4.78 is 0.826. The van der Waals surface area contributed by atoms with Crippen LogP contribution < -0.4 is 4.73 Å². The number of hydrogen-bond donors (Lipinski definition) is 0. The van der Waals surface area contributed by atoms with Gasteiger partial charge in [0, 0.05) is 19.9 Å². The molecule has 0 atom stereocenters. The molecule has 3 nitrogen and oxygen atoms in total. The highest BCUT2D eigenvalue weighted by atomic mass is 16.5. The summed E-state index contributed by atoms with van der Waals surface area (Å²) in [7, 11) is 0. The van der Waals surface area contributed by atoms with Crippen LogP contribution in [0.1, 0.15) is 17.2 Å². The van der Waals surface area contributed by atoms with Gasteiger partial charge in [-0.1, -0.05) is 4.98 Å². The minimum absolute atomic E-state index is 0.512. The van der Waals surface area contributed by atoms with E-state index in [0.29, 0.717) is 11.5 Å². The predicted molar refractivity (Wildman–Crippen MR) is 37.4 cm³/mol. The number of nitrogens with zero attached hydrogens (tertiary/aromatic N) is 2. The van der Waals surface area contributed by atoms with Gasteiger partial charge in [-0.05, 0) is 6.92 Å². The van der Waals surface area contributed by atoms with Crippen LogP contribution in [0.25, 0.3) is 0 Å². The lowest BCUT2D eigenvalue weighted by molar-refractivity contribution is -0.622. The highest BCUT2D eigenvalue weighted by Crippen LogP contribution is 1.94. The third-order valence-corrected chi connectivity index (χ3v) is 1.37. The Morgan fingerprint density at radius 2 is 2.00 bits per heavy atom. The van der Waals surface area contributed by atoms with Crippen LogP contribution in [0.5, 0.6) is 0 Å². The Kier molecular flexibility index (Phi) is 1.57. The Morgan fingerprint density at radius 1 is 1.40 bits per heavy atom. The van der Waals surface area contributed by atoms with Gasteiger partial charge in [-0.25, -0.2) is 4.73 Å². The van der Waals surface area contributed by atoms with Gasteiger partial charge in [0.1, 0.15) is 5.69 Å². The van der Waals surface area contributed by atoms with Crippen LogP contribution in [0.4, 0.5) is 0 Å². The Labute approximate surface area is 59.9 Å². The molecule has 0 aliphatic carbocycles. The fraction of sp³-hybridized carbons (Fsp3) is 0.429. The Morgan fingerprint density at radius 3 is 2.50 bits per heavy atom. The van der Waals surface area contributed by atoms with Gasteiger partial charge in [-0.2, -0.15) is 0 Å². The summed E-state index contributed by atoms with van der Waals surface area (Å²) in [5, 5.41) is 11.0. The molecule has 1 heterocycles. The second kappa shape index (κ2) is 2.25. The van der Waals surface area contributed by atoms with Crippen LogP contribution in [-0.2, 0) is 0 Å². The van der Waals surface area contributed by atoms with E-state index in [0.717, 1.165) is 10.4 Å². The first kappa shape index (κ1) is 6.99. The lowest BCUT2D eigenvalue weighted by atomic mass is 10.3. The van der Waals surface area contributed by atoms with E-state index in [1.54, 1.807) is 19.9 Å².